The Bertz CT molecular complexity index is 1270. The molecule has 4 aromatic rings. The molecule has 4 rings (SSSR count). The van der Waals surface area contributed by atoms with E-state index in [-0.39, 0.29) is 17.3 Å². The molecule has 0 aliphatic rings. The quantitative estimate of drug-likeness (QED) is 0.314. The molecule has 0 spiro atoms. The van der Waals surface area contributed by atoms with Crippen LogP contribution in [0.2, 0.25) is 0 Å². The van der Waals surface area contributed by atoms with E-state index < -0.39 is 5.91 Å². The summed E-state index contributed by atoms with van der Waals surface area (Å²) in [6, 6.07) is 14.5. The number of carbonyl (C=O) groups is 1. The smallest absolute Gasteiger partial charge is 0.294 e. The molecule has 2 aromatic carbocycles. The first-order valence-electron chi connectivity index (χ1n) is 8.84. The van der Waals surface area contributed by atoms with Crippen molar-refractivity contribution in [3.8, 4) is 22.8 Å². The predicted molar refractivity (Wildman–Crippen MR) is 115 cm³/mol. The predicted octanol–water partition coefficient (Wildman–Crippen LogP) is 2.43. The van der Waals surface area contributed by atoms with E-state index in [1.165, 1.54) is 10.9 Å². The number of nitrogens with two attached hydrogens (primary N) is 1. The molecule has 0 unspecified atom stereocenters. The van der Waals surface area contributed by atoms with Gasteiger partial charge in [-0.2, -0.15) is 9.78 Å². The highest BCUT2D eigenvalue weighted by Gasteiger charge is 2.25. The fraction of sp³-hybridized carbons (Fsp3) is 0.0526. The largest absolute Gasteiger partial charge is 0.497 e. The number of halogens is 1. The Balaban J connectivity index is 1.71. The summed E-state index contributed by atoms with van der Waals surface area (Å²) in [4.78, 5) is 12.8. The van der Waals surface area contributed by atoms with Gasteiger partial charge < -0.3 is 10.5 Å². The fourth-order valence-electron chi connectivity index (χ4n) is 2.76. The van der Waals surface area contributed by atoms with Crippen molar-refractivity contribution in [2.24, 2.45) is 5.10 Å². The van der Waals surface area contributed by atoms with E-state index in [2.05, 4.69) is 51.7 Å². The molecule has 0 aliphatic heterocycles. The van der Waals surface area contributed by atoms with Crippen molar-refractivity contribution in [3.63, 3.8) is 0 Å². The number of hydrogen-bond donors (Lipinski definition) is 2. The van der Waals surface area contributed by atoms with Gasteiger partial charge in [0.25, 0.3) is 5.91 Å². The number of nitrogens with one attached hydrogen (secondary N) is 1. The number of rotatable bonds is 6. The molecule has 11 nitrogen and oxygen atoms in total. The van der Waals surface area contributed by atoms with E-state index in [0.717, 1.165) is 10.0 Å². The number of carbonyl (C=O) groups excluding carboxylic acids is 1. The zero-order chi connectivity index (χ0) is 21.8. The molecule has 0 aliphatic carbocycles. The van der Waals surface area contributed by atoms with Gasteiger partial charge in [0, 0.05) is 10.0 Å². The van der Waals surface area contributed by atoms with Gasteiger partial charge in [0.15, 0.2) is 5.69 Å². The maximum absolute atomic E-state index is 12.8. The number of ether oxygens (including phenoxy) is 1. The molecule has 0 saturated heterocycles. The number of aromatic nitrogens is 5. The molecule has 12 heteroatoms. The molecule has 156 valence electrons. The Kier molecular flexibility index (Phi) is 5.71. The second-order valence-electron chi connectivity index (χ2n) is 6.16. The van der Waals surface area contributed by atoms with Crippen molar-refractivity contribution in [1.29, 1.82) is 0 Å². The molecule has 0 saturated carbocycles. The Labute approximate surface area is 184 Å². The van der Waals surface area contributed by atoms with Gasteiger partial charge in [-0.15, -0.1) is 5.10 Å². The van der Waals surface area contributed by atoms with Crippen molar-refractivity contribution in [3.05, 3.63) is 64.3 Å². The first-order valence-corrected chi connectivity index (χ1v) is 9.63. The second kappa shape index (κ2) is 8.75. The van der Waals surface area contributed by atoms with Crippen LogP contribution in [0.3, 0.4) is 0 Å². The van der Waals surface area contributed by atoms with Crippen molar-refractivity contribution in [2.45, 2.75) is 0 Å². The number of hydrogen-bond acceptors (Lipinski definition) is 9. The summed E-state index contributed by atoms with van der Waals surface area (Å²) in [5.41, 5.74) is 9.97. The van der Waals surface area contributed by atoms with Gasteiger partial charge in [-0.25, -0.2) is 10.1 Å². The molecule has 2 heterocycles. The van der Waals surface area contributed by atoms with Crippen LogP contribution in [0.4, 0.5) is 5.82 Å². The van der Waals surface area contributed by atoms with Crippen LogP contribution in [0, 0.1) is 0 Å². The summed E-state index contributed by atoms with van der Waals surface area (Å²) in [7, 11) is 1.54. The number of methoxy groups -OCH3 is 1. The summed E-state index contributed by atoms with van der Waals surface area (Å²) < 4.78 is 12.1. The highest BCUT2D eigenvalue weighted by Crippen LogP contribution is 2.28. The summed E-state index contributed by atoms with van der Waals surface area (Å²) >= 11 is 3.39. The van der Waals surface area contributed by atoms with Gasteiger partial charge >= 0.3 is 0 Å². The Hall–Kier alpha value is -4.06. The van der Waals surface area contributed by atoms with Gasteiger partial charge in [-0.1, -0.05) is 45.4 Å². The number of hydrazone groups is 1. The summed E-state index contributed by atoms with van der Waals surface area (Å²) in [5.74, 6) is 0.0940. The summed E-state index contributed by atoms with van der Waals surface area (Å²) in [5, 5.41) is 19.3. The molecule has 0 atom stereocenters. The fourth-order valence-corrected chi connectivity index (χ4v) is 3.17. The lowest BCUT2D eigenvalue weighted by Crippen LogP contribution is -2.19. The van der Waals surface area contributed by atoms with Crippen molar-refractivity contribution in [1.82, 2.24) is 30.7 Å². The van der Waals surface area contributed by atoms with E-state index in [1.54, 1.807) is 31.4 Å². The topological polar surface area (TPSA) is 146 Å². The van der Waals surface area contributed by atoms with Gasteiger partial charge in [0.2, 0.25) is 11.6 Å². The van der Waals surface area contributed by atoms with E-state index in [4.69, 9.17) is 10.5 Å². The van der Waals surface area contributed by atoms with E-state index >= 15 is 0 Å². The van der Waals surface area contributed by atoms with Crippen LogP contribution >= 0.6 is 15.9 Å². The van der Waals surface area contributed by atoms with E-state index in [0.29, 0.717) is 17.0 Å². The van der Waals surface area contributed by atoms with E-state index in [1.807, 2.05) is 24.3 Å². The second-order valence-corrected chi connectivity index (χ2v) is 7.07. The molecule has 1 amide bonds. The number of amides is 1. The highest BCUT2D eigenvalue weighted by molar-refractivity contribution is 9.10. The van der Waals surface area contributed by atoms with E-state index in [9.17, 15) is 4.79 Å². The number of nitrogen functional groups attached to an aromatic ring is 1. The SMILES string of the molecule is COc1cccc(-c2c(C(=O)N/N=C\c3cccc(Br)c3)nnn2-c2nonc2N)c1. The molecular formula is C19H15BrN8O3. The van der Waals surface area contributed by atoms with Gasteiger partial charge in [-0.05, 0) is 40.1 Å². The Morgan fingerprint density at radius 1 is 1.26 bits per heavy atom. The summed E-state index contributed by atoms with van der Waals surface area (Å²) in [6.07, 6.45) is 1.51. The van der Waals surface area contributed by atoms with Crippen LogP contribution in [-0.4, -0.2) is 44.5 Å². The van der Waals surface area contributed by atoms with Gasteiger partial charge in [-0.3, -0.25) is 4.79 Å². The third kappa shape index (κ3) is 4.28. The number of benzene rings is 2. The van der Waals surface area contributed by atoms with Crippen LogP contribution in [0.15, 0.2) is 62.7 Å². The number of nitrogens with zero attached hydrogens (tertiary/aromatic N) is 6. The van der Waals surface area contributed by atoms with Crippen molar-refractivity contribution < 1.29 is 14.2 Å². The molecule has 2 aromatic heterocycles. The first-order chi connectivity index (χ1) is 15.1. The molecule has 3 N–H and O–H groups in total. The monoisotopic (exact) mass is 482 g/mol. The molecule has 0 fully saturated rings. The maximum Gasteiger partial charge on any atom is 0.294 e. The van der Waals surface area contributed by atoms with Gasteiger partial charge in [0.05, 0.1) is 13.3 Å². The lowest BCUT2D eigenvalue weighted by atomic mass is 10.1. The van der Waals surface area contributed by atoms with Crippen LogP contribution < -0.4 is 15.9 Å². The van der Waals surface area contributed by atoms with Crippen molar-refractivity contribution >= 4 is 33.9 Å². The summed E-state index contributed by atoms with van der Waals surface area (Å²) in [6.45, 7) is 0. The average Bonchev–Trinajstić information content (AvgIpc) is 3.39. The minimum absolute atomic E-state index is 0.00189. The Morgan fingerprint density at radius 3 is 2.84 bits per heavy atom. The van der Waals surface area contributed by atoms with Gasteiger partial charge in [0.1, 0.15) is 11.4 Å². The zero-order valence-electron chi connectivity index (χ0n) is 16.1. The van der Waals surface area contributed by atoms with Crippen LogP contribution in [0.25, 0.3) is 17.1 Å². The van der Waals surface area contributed by atoms with Crippen LogP contribution in [0.5, 0.6) is 5.75 Å². The third-order valence-corrected chi connectivity index (χ3v) is 4.65. The minimum atomic E-state index is -0.578. The lowest BCUT2D eigenvalue weighted by Gasteiger charge is -2.07. The van der Waals surface area contributed by atoms with Crippen molar-refractivity contribution in [2.75, 3.05) is 12.8 Å². The average molecular weight is 483 g/mol. The number of anilines is 1. The Morgan fingerprint density at radius 2 is 2.10 bits per heavy atom. The lowest BCUT2D eigenvalue weighted by molar-refractivity contribution is 0.0950. The van der Waals surface area contributed by atoms with Crippen LogP contribution in [0.1, 0.15) is 16.1 Å². The standard InChI is InChI=1S/C19H15BrN8O3/c1-30-14-7-3-5-12(9-14)16-15(23-27-28(16)18-17(21)25-31-26-18)19(29)24-22-10-11-4-2-6-13(20)8-11/h2-10H,1H3,(H2,21,25)(H,24,29)/b22-10-. The molecular weight excluding hydrogens is 468 g/mol. The maximum atomic E-state index is 12.8. The molecule has 31 heavy (non-hydrogen) atoms. The first kappa shape index (κ1) is 20.2. The molecule has 0 bridgehead atoms. The normalized spacial score (nSPS) is 11.0. The highest BCUT2D eigenvalue weighted by atomic mass is 79.9. The minimum Gasteiger partial charge on any atom is -0.497 e. The molecule has 0 radical (unpaired) electrons. The van der Waals surface area contributed by atoms with Crippen LogP contribution in [-0.2, 0) is 0 Å². The zero-order valence-corrected chi connectivity index (χ0v) is 17.6. The third-order valence-electron chi connectivity index (χ3n) is 4.15.